The van der Waals surface area contributed by atoms with E-state index in [1.54, 1.807) is 11.8 Å². The van der Waals surface area contributed by atoms with Crippen LogP contribution >= 0.6 is 0 Å². The molecule has 0 radical (unpaired) electrons. The molecule has 28 heavy (non-hydrogen) atoms. The van der Waals surface area contributed by atoms with E-state index in [-0.39, 0.29) is 11.8 Å². The molecule has 0 spiro atoms. The summed E-state index contributed by atoms with van der Waals surface area (Å²) < 4.78 is 0. The molecular weight excluding hydrogens is 350 g/mol. The largest absolute Gasteiger partial charge is 0.368 e. The van der Waals surface area contributed by atoms with Crippen LogP contribution in [-0.2, 0) is 11.2 Å². The van der Waals surface area contributed by atoms with Gasteiger partial charge in [0.1, 0.15) is 0 Å². The molecule has 0 bridgehead atoms. The van der Waals surface area contributed by atoms with E-state index >= 15 is 0 Å². The zero-order chi connectivity index (χ0) is 19.8. The molecule has 4 rings (SSSR count). The summed E-state index contributed by atoms with van der Waals surface area (Å²) in [4.78, 5) is 30.8. The highest BCUT2D eigenvalue weighted by atomic mass is 16.2. The van der Waals surface area contributed by atoms with Crippen molar-refractivity contribution in [1.29, 1.82) is 0 Å². The van der Waals surface area contributed by atoms with Crippen LogP contribution < -0.4 is 9.80 Å². The predicted octanol–water partition coefficient (Wildman–Crippen LogP) is 3.17. The topological polar surface area (TPSA) is 43.9 Å². The number of carbonyl (C=O) groups is 2. The Morgan fingerprint density at radius 3 is 2.36 bits per heavy atom. The molecule has 5 heteroatoms. The SMILES string of the molecule is CC(=O)N1CCc2cc(C(=O)N3CCN(c4cccc(C)c4C)CC3)ccc21. The molecule has 5 nitrogen and oxygen atoms in total. The second-order valence-electron chi connectivity index (χ2n) is 7.76. The van der Waals surface area contributed by atoms with E-state index in [9.17, 15) is 9.59 Å². The van der Waals surface area contributed by atoms with E-state index in [4.69, 9.17) is 0 Å². The van der Waals surface area contributed by atoms with Crippen molar-refractivity contribution >= 4 is 23.2 Å². The van der Waals surface area contributed by atoms with Crippen LogP contribution in [0, 0.1) is 13.8 Å². The molecule has 2 aliphatic heterocycles. The van der Waals surface area contributed by atoms with Crippen LogP contribution in [0.25, 0.3) is 0 Å². The number of carbonyl (C=O) groups excluding carboxylic acids is 2. The van der Waals surface area contributed by atoms with Gasteiger partial charge >= 0.3 is 0 Å². The Labute approximate surface area is 166 Å². The first-order valence-electron chi connectivity index (χ1n) is 9.97. The number of hydrogen-bond acceptors (Lipinski definition) is 3. The fourth-order valence-electron chi connectivity index (χ4n) is 4.27. The number of hydrogen-bond donors (Lipinski definition) is 0. The summed E-state index contributed by atoms with van der Waals surface area (Å²) in [5, 5.41) is 0. The molecule has 2 heterocycles. The number of anilines is 2. The summed E-state index contributed by atoms with van der Waals surface area (Å²) in [6.45, 7) is 9.74. The molecule has 0 saturated carbocycles. The van der Waals surface area contributed by atoms with Crippen molar-refractivity contribution in [3.63, 3.8) is 0 Å². The zero-order valence-electron chi connectivity index (χ0n) is 16.9. The van der Waals surface area contributed by atoms with Crippen LogP contribution in [0.1, 0.15) is 34.0 Å². The summed E-state index contributed by atoms with van der Waals surface area (Å²) in [6, 6.07) is 12.2. The Morgan fingerprint density at radius 1 is 0.893 bits per heavy atom. The van der Waals surface area contributed by atoms with E-state index < -0.39 is 0 Å². The maximum atomic E-state index is 13.0. The minimum Gasteiger partial charge on any atom is -0.368 e. The zero-order valence-corrected chi connectivity index (χ0v) is 16.9. The highest BCUT2D eigenvalue weighted by Gasteiger charge is 2.26. The van der Waals surface area contributed by atoms with Gasteiger partial charge in [0.25, 0.3) is 5.91 Å². The Bertz CT molecular complexity index is 929. The van der Waals surface area contributed by atoms with Gasteiger partial charge in [-0.25, -0.2) is 0 Å². The summed E-state index contributed by atoms with van der Waals surface area (Å²) in [7, 11) is 0. The van der Waals surface area contributed by atoms with Crippen LogP contribution in [-0.4, -0.2) is 49.4 Å². The molecule has 0 aromatic heterocycles. The number of nitrogens with zero attached hydrogens (tertiary/aromatic N) is 3. The molecule has 2 aromatic rings. The minimum atomic E-state index is 0.0559. The lowest BCUT2D eigenvalue weighted by Crippen LogP contribution is -2.49. The number of aryl methyl sites for hydroxylation is 1. The summed E-state index contributed by atoms with van der Waals surface area (Å²) in [5.41, 5.74) is 6.65. The third kappa shape index (κ3) is 3.26. The highest BCUT2D eigenvalue weighted by Crippen LogP contribution is 2.30. The maximum Gasteiger partial charge on any atom is 0.253 e. The third-order valence-electron chi connectivity index (χ3n) is 6.09. The van der Waals surface area contributed by atoms with Gasteiger partial charge < -0.3 is 14.7 Å². The van der Waals surface area contributed by atoms with Gasteiger partial charge in [0.2, 0.25) is 5.91 Å². The predicted molar refractivity (Wildman–Crippen MR) is 112 cm³/mol. The van der Waals surface area contributed by atoms with E-state index in [2.05, 4.69) is 36.9 Å². The van der Waals surface area contributed by atoms with Crippen LogP contribution in [0.5, 0.6) is 0 Å². The molecule has 2 aromatic carbocycles. The van der Waals surface area contributed by atoms with Gasteiger partial charge in [-0.15, -0.1) is 0 Å². The molecule has 0 aliphatic carbocycles. The molecular formula is C23H27N3O2. The lowest BCUT2D eigenvalue weighted by atomic mass is 10.1. The van der Waals surface area contributed by atoms with Crippen LogP contribution in [0.15, 0.2) is 36.4 Å². The van der Waals surface area contributed by atoms with Crippen LogP contribution in [0.3, 0.4) is 0 Å². The first-order valence-corrected chi connectivity index (χ1v) is 9.97. The molecule has 2 aliphatic rings. The van der Waals surface area contributed by atoms with Crippen molar-refractivity contribution < 1.29 is 9.59 Å². The normalized spacial score (nSPS) is 16.3. The number of rotatable bonds is 2. The Hall–Kier alpha value is -2.82. The first-order chi connectivity index (χ1) is 13.5. The molecule has 0 atom stereocenters. The summed E-state index contributed by atoms with van der Waals surface area (Å²) >= 11 is 0. The smallest absolute Gasteiger partial charge is 0.253 e. The third-order valence-corrected chi connectivity index (χ3v) is 6.09. The highest BCUT2D eigenvalue weighted by molar-refractivity contribution is 5.98. The minimum absolute atomic E-state index is 0.0559. The fraction of sp³-hybridized carbons (Fsp3) is 0.391. The van der Waals surface area contributed by atoms with Gasteiger partial charge in [-0.1, -0.05) is 12.1 Å². The number of fused-ring (bicyclic) bond motifs is 1. The van der Waals surface area contributed by atoms with Gasteiger partial charge in [0, 0.05) is 56.6 Å². The number of amides is 2. The quantitative estimate of drug-likeness (QED) is 0.807. The fourth-order valence-corrected chi connectivity index (χ4v) is 4.27. The number of piperazine rings is 1. The van der Waals surface area contributed by atoms with Crippen molar-refractivity contribution in [2.75, 3.05) is 42.5 Å². The van der Waals surface area contributed by atoms with Gasteiger partial charge in [0.15, 0.2) is 0 Å². The molecule has 0 unspecified atom stereocenters. The second kappa shape index (κ2) is 7.30. The molecule has 1 saturated heterocycles. The van der Waals surface area contributed by atoms with E-state index in [0.29, 0.717) is 6.54 Å². The van der Waals surface area contributed by atoms with Crippen molar-refractivity contribution in [2.45, 2.75) is 27.2 Å². The lowest BCUT2D eigenvalue weighted by Gasteiger charge is -2.37. The van der Waals surface area contributed by atoms with Gasteiger partial charge in [0.05, 0.1) is 0 Å². The van der Waals surface area contributed by atoms with Crippen molar-refractivity contribution in [1.82, 2.24) is 4.90 Å². The summed E-state index contributed by atoms with van der Waals surface area (Å²) in [5.74, 6) is 0.144. The molecule has 2 amide bonds. The van der Waals surface area contributed by atoms with Crippen LogP contribution in [0.2, 0.25) is 0 Å². The van der Waals surface area contributed by atoms with Gasteiger partial charge in [-0.05, 0) is 61.2 Å². The Kier molecular flexibility index (Phi) is 4.84. The average molecular weight is 377 g/mol. The van der Waals surface area contributed by atoms with E-state index in [1.807, 2.05) is 23.1 Å². The molecule has 146 valence electrons. The average Bonchev–Trinajstić information content (AvgIpc) is 3.13. The van der Waals surface area contributed by atoms with Crippen molar-refractivity contribution in [3.8, 4) is 0 Å². The Morgan fingerprint density at radius 2 is 1.64 bits per heavy atom. The summed E-state index contributed by atoms with van der Waals surface area (Å²) in [6.07, 6.45) is 0.816. The monoisotopic (exact) mass is 377 g/mol. The van der Waals surface area contributed by atoms with E-state index in [0.717, 1.165) is 49.4 Å². The molecule has 0 N–H and O–H groups in total. The number of benzene rings is 2. The van der Waals surface area contributed by atoms with Crippen molar-refractivity contribution in [2.24, 2.45) is 0 Å². The first kappa shape index (κ1) is 18.5. The maximum absolute atomic E-state index is 13.0. The Balaban J connectivity index is 1.45. The van der Waals surface area contributed by atoms with Gasteiger partial charge in [-0.2, -0.15) is 0 Å². The van der Waals surface area contributed by atoms with Gasteiger partial charge in [-0.3, -0.25) is 9.59 Å². The second-order valence-corrected chi connectivity index (χ2v) is 7.76. The lowest BCUT2D eigenvalue weighted by molar-refractivity contribution is -0.116. The van der Waals surface area contributed by atoms with Crippen LogP contribution in [0.4, 0.5) is 11.4 Å². The van der Waals surface area contributed by atoms with Crippen molar-refractivity contribution in [3.05, 3.63) is 58.7 Å². The van der Waals surface area contributed by atoms with E-state index in [1.165, 1.54) is 16.8 Å². The molecule has 1 fully saturated rings. The standard InChI is InChI=1S/C23H27N3O2/c1-16-5-4-6-21(17(16)2)24-11-13-25(14-12-24)23(28)20-7-8-22-19(15-20)9-10-26(22)18(3)27/h4-8,15H,9-14H2,1-3H3.